The molecule has 10 nitrogen and oxygen atoms in total. The largest absolute Gasteiger partial charge is 0.490 e. The third-order valence-electron chi connectivity index (χ3n) is 8.07. The van der Waals surface area contributed by atoms with Gasteiger partial charge < -0.3 is 29.7 Å². The monoisotopic (exact) mass is 616 g/mol. The predicted molar refractivity (Wildman–Crippen MR) is 172 cm³/mol. The van der Waals surface area contributed by atoms with E-state index in [0.29, 0.717) is 41.3 Å². The first-order chi connectivity index (χ1) is 21.7. The number of fused-ring (bicyclic) bond motifs is 1. The van der Waals surface area contributed by atoms with Crippen molar-refractivity contribution in [2.45, 2.75) is 58.3 Å². The number of rotatable bonds is 7. The highest BCUT2D eigenvalue weighted by molar-refractivity contribution is 6.05. The maximum atomic E-state index is 14.3. The molecule has 0 fully saturated rings. The summed E-state index contributed by atoms with van der Waals surface area (Å²) in [4.78, 5) is 47.6. The van der Waals surface area contributed by atoms with E-state index in [1.54, 1.807) is 90.8 Å². The fourth-order valence-corrected chi connectivity index (χ4v) is 5.32. The molecule has 0 saturated carbocycles. The van der Waals surface area contributed by atoms with Crippen molar-refractivity contribution in [3.8, 4) is 5.75 Å². The van der Waals surface area contributed by atoms with E-state index >= 15 is 0 Å². The number of carbonyl (C=O) groups is 3. The number of aromatic nitrogens is 1. The van der Waals surface area contributed by atoms with Gasteiger partial charge in [-0.1, -0.05) is 25.1 Å². The molecule has 1 aromatic heterocycles. The van der Waals surface area contributed by atoms with Crippen molar-refractivity contribution in [2.24, 2.45) is 5.92 Å². The van der Waals surface area contributed by atoms with Crippen LogP contribution in [0.4, 0.5) is 5.69 Å². The third-order valence-corrected chi connectivity index (χ3v) is 8.07. The lowest BCUT2D eigenvalue weighted by Gasteiger charge is -2.36. The van der Waals surface area contributed by atoms with E-state index in [9.17, 15) is 19.5 Å². The predicted octanol–water partition coefficient (Wildman–Crippen LogP) is 4.90. The Morgan fingerprint density at radius 3 is 2.51 bits per heavy atom. The van der Waals surface area contributed by atoms with Crippen molar-refractivity contribution in [3.05, 3.63) is 89.7 Å². The average molecular weight is 617 g/mol. The number of amides is 3. The normalized spacial score (nSPS) is 20.2. The summed E-state index contributed by atoms with van der Waals surface area (Å²) in [5, 5.41) is 13.1. The lowest BCUT2D eigenvalue weighted by molar-refractivity contribution is -0.0149. The maximum absolute atomic E-state index is 14.3. The van der Waals surface area contributed by atoms with E-state index in [0.717, 1.165) is 19.3 Å². The number of nitrogens with zero attached hydrogens (tertiary/aromatic N) is 3. The van der Waals surface area contributed by atoms with E-state index in [2.05, 4.69) is 10.3 Å². The summed E-state index contributed by atoms with van der Waals surface area (Å²) >= 11 is 0. The van der Waals surface area contributed by atoms with Crippen LogP contribution in [0.1, 0.15) is 71.1 Å². The zero-order chi connectivity index (χ0) is 32.3. The summed E-state index contributed by atoms with van der Waals surface area (Å²) in [5.74, 6) is -0.547. The van der Waals surface area contributed by atoms with Gasteiger partial charge >= 0.3 is 0 Å². The first kappa shape index (κ1) is 33.6. The minimum atomic E-state index is -0.516. The maximum Gasteiger partial charge on any atom is 0.258 e. The molecule has 0 unspecified atom stereocenters. The number of aliphatic hydroxyl groups excluding tert-OH is 1. The number of benzene rings is 2. The van der Waals surface area contributed by atoms with Crippen molar-refractivity contribution in [1.29, 1.82) is 0 Å². The first-order valence-electron chi connectivity index (χ1n) is 15.5. The Bertz CT molecular complexity index is 1420. The Hall–Kier alpha value is -4.28. The average Bonchev–Trinajstić information content (AvgIpc) is 3.06. The van der Waals surface area contributed by atoms with E-state index in [1.807, 2.05) is 19.9 Å². The van der Waals surface area contributed by atoms with Gasteiger partial charge in [-0.05, 0) is 75.6 Å². The molecule has 2 aromatic carbocycles. The van der Waals surface area contributed by atoms with Crippen molar-refractivity contribution in [1.82, 2.24) is 14.8 Å². The summed E-state index contributed by atoms with van der Waals surface area (Å²) in [6, 6.07) is 16.8. The number of carbonyl (C=O) groups excluding carboxylic acids is 3. The number of ether oxygens (including phenoxy) is 2. The molecule has 0 saturated heterocycles. The number of aliphatic hydroxyl groups is 1. The minimum Gasteiger partial charge on any atom is -0.490 e. The van der Waals surface area contributed by atoms with Crippen LogP contribution < -0.4 is 10.1 Å². The van der Waals surface area contributed by atoms with Gasteiger partial charge in [-0.25, -0.2) is 0 Å². The van der Waals surface area contributed by atoms with Crippen LogP contribution in [0, 0.1) is 5.92 Å². The smallest absolute Gasteiger partial charge is 0.258 e. The van der Waals surface area contributed by atoms with Crippen LogP contribution in [0.2, 0.25) is 0 Å². The molecule has 1 aliphatic rings. The molecule has 45 heavy (non-hydrogen) atoms. The molecule has 240 valence electrons. The number of hydrogen-bond donors (Lipinski definition) is 2. The first-order valence-corrected chi connectivity index (χ1v) is 15.5. The second-order valence-corrected chi connectivity index (χ2v) is 11.8. The molecule has 3 amide bonds. The van der Waals surface area contributed by atoms with Gasteiger partial charge in [0.25, 0.3) is 17.7 Å². The van der Waals surface area contributed by atoms with Crippen LogP contribution in [0.25, 0.3) is 0 Å². The number of hydrogen-bond acceptors (Lipinski definition) is 7. The molecule has 2 heterocycles. The van der Waals surface area contributed by atoms with Gasteiger partial charge in [0.05, 0.1) is 30.4 Å². The zero-order valence-corrected chi connectivity index (χ0v) is 26.5. The Morgan fingerprint density at radius 1 is 1.07 bits per heavy atom. The highest BCUT2D eigenvalue weighted by atomic mass is 16.5. The van der Waals surface area contributed by atoms with Crippen molar-refractivity contribution >= 4 is 23.4 Å². The van der Waals surface area contributed by atoms with Gasteiger partial charge in [-0.15, -0.1) is 0 Å². The molecule has 3 aromatic rings. The summed E-state index contributed by atoms with van der Waals surface area (Å²) in [5.41, 5.74) is 1.78. The summed E-state index contributed by atoms with van der Waals surface area (Å²) < 4.78 is 12.6. The molecule has 2 N–H and O–H groups in total. The van der Waals surface area contributed by atoms with E-state index < -0.39 is 6.04 Å². The SMILES string of the molecule is C[C@H](CO)N1C[C@H](C)[C@H](CN(C)C(=O)c2ccncc2)OCCCC[C@H](C)Oc2ccc(NC(=O)c3ccccc3)cc2C1=O. The quantitative estimate of drug-likeness (QED) is 0.387. The third kappa shape index (κ3) is 9.12. The van der Waals surface area contributed by atoms with Gasteiger partial charge in [0.2, 0.25) is 0 Å². The molecule has 0 aliphatic carbocycles. The lowest BCUT2D eigenvalue weighted by Crippen LogP contribution is -2.48. The minimum absolute atomic E-state index is 0.144. The molecular weight excluding hydrogens is 572 g/mol. The number of pyridine rings is 1. The van der Waals surface area contributed by atoms with Crippen molar-refractivity contribution < 1.29 is 29.0 Å². The standard InChI is InChI=1S/C35H44N4O6/c1-24-21-39(25(2)23-40)35(43)30-20-29(37-33(41)27-11-6-5-7-12-27)13-14-31(30)45-26(3)10-8-9-19-44-32(24)22-38(4)34(42)28-15-17-36-18-16-28/h5-7,11-18,20,24-26,32,40H,8-10,19,21-23H2,1-4H3,(H,37,41)/t24-,25+,26-,32-/m0/s1. The van der Waals surface area contributed by atoms with Crippen molar-refractivity contribution in [2.75, 3.05) is 38.7 Å². The molecule has 0 radical (unpaired) electrons. The van der Waals surface area contributed by atoms with Crippen LogP contribution in [-0.4, -0.2) is 89.2 Å². The second kappa shape index (κ2) is 16.2. The Labute approximate surface area is 265 Å². The van der Waals surface area contributed by atoms with Crippen molar-refractivity contribution in [3.63, 3.8) is 0 Å². The van der Waals surface area contributed by atoms with Crippen LogP contribution in [0.3, 0.4) is 0 Å². The van der Waals surface area contributed by atoms with Gasteiger partial charge in [-0.3, -0.25) is 19.4 Å². The molecule has 0 spiro atoms. The number of anilines is 1. The fraction of sp³-hybridized carbons (Fsp3) is 0.429. The number of likely N-dealkylation sites (N-methyl/N-ethyl adjacent to an activating group) is 1. The Morgan fingerprint density at radius 2 is 1.80 bits per heavy atom. The summed E-state index contributed by atoms with van der Waals surface area (Å²) in [6.45, 7) is 6.58. The molecule has 4 rings (SSSR count). The lowest BCUT2D eigenvalue weighted by atomic mass is 10.0. The summed E-state index contributed by atoms with van der Waals surface area (Å²) in [6.07, 6.45) is 5.05. The molecule has 1 aliphatic heterocycles. The Kier molecular flexibility index (Phi) is 12.1. The van der Waals surface area contributed by atoms with Crippen LogP contribution in [-0.2, 0) is 4.74 Å². The van der Waals surface area contributed by atoms with Gasteiger partial charge in [-0.2, -0.15) is 0 Å². The second-order valence-electron chi connectivity index (χ2n) is 11.8. The topological polar surface area (TPSA) is 121 Å². The van der Waals surface area contributed by atoms with Gasteiger partial charge in [0.1, 0.15) is 5.75 Å². The molecule has 4 atom stereocenters. The van der Waals surface area contributed by atoms with Gasteiger partial charge in [0.15, 0.2) is 0 Å². The van der Waals surface area contributed by atoms with Crippen LogP contribution in [0.5, 0.6) is 5.75 Å². The van der Waals surface area contributed by atoms with Crippen LogP contribution in [0.15, 0.2) is 73.1 Å². The molecule has 0 bridgehead atoms. The highest BCUT2D eigenvalue weighted by Gasteiger charge is 2.31. The molecule has 10 heteroatoms. The number of nitrogens with one attached hydrogen (secondary N) is 1. The molecular formula is C35H44N4O6. The van der Waals surface area contributed by atoms with E-state index in [-0.39, 0.29) is 49.0 Å². The van der Waals surface area contributed by atoms with Gasteiger partial charge in [0, 0.05) is 61.9 Å². The summed E-state index contributed by atoms with van der Waals surface area (Å²) in [7, 11) is 1.74. The fourth-order valence-electron chi connectivity index (χ4n) is 5.32. The Balaban J connectivity index is 1.63. The zero-order valence-electron chi connectivity index (χ0n) is 26.5. The van der Waals surface area contributed by atoms with Crippen LogP contribution >= 0.6 is 0 Å². The van der Waals surface area contributed by atoms with E-state index in [4.69, 9.17) is 9.47 Å². The van der Waals surface area contributed by atoms with E-state index in [1.165, 1.54) is 0 Å². The highest BCUT2D eigenvalue weighted by Crippen LogP contribution is 2.29.